The van der Waals surface area contributed by atoms with Gasteiger partial charge in [-0.3, -0.25) is 0 Å². The molecule has 0 spiro atoms. The second-order valence-corrected chi connectivity index (χ2v) is 12.2. The summed E-state index contributed by atoms with van der Waals surface area (Å²) in [6.45, 7) is 0. The molecule has 51 heavy (non-hydrogen) atoms. The molecule has 6 nitrogen and oxygen atoms in total. The number of nitrogens with zero attached hydrogens (tertiary/aromatic N) is 3. The molecule has 7 aromatic carbocycles. The summed E-state index contributed by atoms with van der Waals surface area (Å²) in [6, 6.07) is 33.6. The molecule has 0 bridgehead atoms. The van der Waals surface area contributed by atoms with Crippen molar-refractivity contribution >= 4 is 65.8 Å². The molecule has 4 heterocycles. The lowest BCUT2D eigenvalue weighted by Gasteiger charge is -2.09. The summed E-state index contributed by atoms with van der Waals surface area (Å²) in [6.07, 6.45) is 0. The quantitative estimate of drug-likeness (QED) is 0.187. The van der Waals surface area contributed by atoms with Gasteiger partial charge in [-0.2, -0.15) is 0 Å². The Morgan fingerprint density at radius 2 is 1.00 bits per heavy atom. The van der Waals surface area contributed by atoms with Crippen LogP contribution in [0.25, 0.3) is 111 Å². The van der Waals surface area contributed by atoms with Crippen LogP contribution in [0.1, 0.15) is 8.22 Å². The molecule has 6 heteroatoms. The Morgan fingerprint density at radius 1 is 0.392 bits per heavy atom. The number of rotatable bonds is 4. The fraction of sp³-hybridized carbons (Fsp3) is 0. The number of fused-ring (bicyclic) bond motifs is 9. The van der Waals surface area contributed by atoms with E-state index < -0.39 is 0 Å². The zero-order chi connectivity index (χ0) is 38.7. The van der Waals surface area contributed by atoms with Crippen LogP contribution in [0.3, 0.4) is 0 Å². The van der Waals surface area contributed by atoms with Gasteiger partial charge in [0.1, 0.15) is 33.5 Å². The van der Waals surface area contributed by atoms with Crippen molar-refractivity contribution in [1.29, 1.82) is 0 Å². The molecule has 0 aliphatic carbocycles. The summed E-state index contributed by atoms with van der Waals surface area (Å²) in [5.41, 5.74) is 4.55. The molecule has 0 amide bonds. The lowest BCUT2D eigenvalue weighted by Crippen LogP contribution is -2.00. The maximum absolute atomic E-state index is 9.60. The van der Waals surface area contributed by atoms with Crippen molar-refractivity contribution in [1.82, 2.24) is 15.0 Å². The van der Waals surface area contributed by atoms with Crippen LogP contribution in [-0.4, -0.2) is 15.0 Å². The van der Waals surface area contributed by atoms with Gasteiger partial charge in [-0.1, -0.05) is 115 Å². The van der Waals surface area contributed by atoms with E-state index >= 15 is 0 Å². The molecule has 238 valence electrons. The molecule has 0 atom stereocenters. The van der Waals surface area contributed by atoms with Crippen LogP contribution in [0.15, 0.2) is 165 Å². The molecular weight excluding hydrogens is 631 g/mol. The molecule has 0 saturated carbocycles. The summed E-state index contributed by atoms with van der Waals surface area (Å²) in [4.78, 5) is 14.6. The summed E-state index contributed by atoms with van der Waals surface area (Å²) >= 11 is 0. The van der Waals surface area contributed by atoms with Crippen LogP contribution in [0.2, 0.25) is 0 Å². The van der Waals surface area contributed by atoms with Crippen molar-refractivity contribution < 1.29 is 21.5 Å². The lowest BCUT2D eigenvalue weighted by molar-refractivity contribution is 0.668. The fourth-order valence-corrected chi connectivity index (χ4v) is 6.99. The van der Waals surface area contributed by atoms with Gasteiger partial charge in [-0.05, 0) is 41.9 Å². The Balaban J connectivity index is 1.21. The molecule has 0 radical (unpaired) electrons. The van der Waals surface area contributed by atoms with E-state index in [1.807, 2.05) is 103 Å². The lowest BCUT2D eigenvalue weighted by atomic mass is 9.97. The van der Waals surface area contributed by atoms with Crippen molar-refractivity contribution in [2.75, 3.05) is 0 Å². The third-order valence-corrected chi connectivity index (χ3v) is 9.27. The monoisotopic (exact) mass is 661 g/mol. The number of para-hydroxylation sites is 3. The van der Waals surface area contributed by atoms with E-state index in [2.05, 4.69) is 0 Å². The predicted molar refractivity (Wildman–Crippen MR) is 203 cm³/mol. The predicted octanol–water partition coefficient (Wildman–Crippen LogP) is 12.2. The van der Waals surface area contributed by atoms with Gasteiger partial charge in [0.15, 0.2) is 17.5 Å². The van der Waals surface area contributed by atoms with Gasteiger partial charge in [-0.25, -0.2) is 15.0 Å². The number of hydrogen-bond acceptors (Lipinski definition) is 6. The van der Waals surface area contributed by atoms with Gasteiger partial charge in [0.2, 0.25) is 0 Å². The second-order valence-electron chi connectivity index (χ2n) is 12.2. The zero-order valence-corrected chi connectivity index (χ0v) is 26.5. The van der Waals surface area contributed by atoms with E-state index in [0.717, 1.165) is 16.2 Å². The average molecular weight is 662 g/mol. The van der Waals surface area contributed by atoms with E-state index in [0.29, 0.717) is 50.2 Å². The van der Waals surface area contributed by atoms with Gasteiger partial charge in [-0.15, -0.1) is 0 Å². The number of aromatic nitrogens is 3. The normalized spacial score (nSPS) is 13.6. The maximum atomic E-state index is 9.60. The Morgan fingerprint density at radius 3 is 1.75 bits per heavy atom. The average Bonchev–Trinajstić information content (AvgIpc) is 3.95. The third-order valence-electron chi connectivity index (χ3n) is 9.27. The molecule has 0 unspecified atom stereocenters. The summed E-state index contributed by atoms with van der Waals surface area (Å²) < 4.78 is 74.2. The first kappa shape index (κ1) is 22.6. The highest BCUT2D eigenvalue weighted by molar-refractivity contribution is 6.17. The smallest absolute Gasteiger partial charge is 0.164 e. The molecule has 0 fully saturated rings. The van der Waals surface area contributed by atoms with Crippen LogP contribution in [0.5, 0.6) is 0 Å². The van der Waals surface area contributed by atoms with Crippen LogP contribution >= 0.6 is 0 Å². The van der Waals surface area contributed by atoms with Crippen LogP contribution in [-0.2, 0) is 0 Å². The van der Waals surface area contributed by atoms with E-state index in [-0.39, 0.29) is 81.0 Å². The molecule has 0 N–H and O–H groups in total. The molecule has 0 aliphatic rings. The minimum atomic E-state index is -0.373. The van der Waals surface area contributed by atoms with Crippen LogP contribution in [0.4, 0.5) is 0 Å². The largest absolute Gasteiger partial charge is 0.456 e. The highest BCUT2D eigenvalue weighted by atomic mass is 16.3. The van der Waals surface area contributed by atoms with Gasteiger partial charge in [0.25, 0.3) is 0 Å². The van der Waals surface area contributed by atoms with Gasteiger partial charge in [0.05, 0.1) is 8.22 Å². The van der Waals surface area contributed by atoms with Crippen molar-refractivity contribution in [2.24, 2.45) is 0 Å². The first-order chi connectivity index (χ1) is 27.8. The minimum absolute atomic E-state index is 0.0159. The fourth-order valence-electron chi connectivity index (χ4n) is 6.99. The Labute approximate surface area is 298 Å². The molecule has 4 aromatic heterocycles. The molecule has 11 rings (SSSR count). The summed E-state index contributed by atoms with van der Waals surface area (Å²) in [7, 11) is 0. The van der Waals surface area contributed by atoms with Crippen molar-refractivity contribution in [3.05, 3.63) is 152 Å². The molecule has 0 saturated heterocycles. The second kappa shape index (κ2) is 10.7. The topological polar surface area (TPSA) is 78.1 Å². The molecule has 11 aromatic rings. The summed E-state index contributed by atoms with van der Waals surface area (Å²) in [5.74, 6) is 0.557. The van der Waals surface area contributed by atoms with Gasteiger partial charge in [0, 0.05) is 54.6 Å². The van der Waals surface area contributed by atoms with E-state index in [1.165, 1.54) is 0 Å². The first-order valence-electron chi connectivity index (χ1n) is 19.4. The van der Waals surface area contributed by atoms with Crippen molar-refractivity contribution in [3.8, 4) is 45.3 Å². The van der Waals surface area contributed by atoms with Crippen LogP contribution < -0.4 is 0 Å². The third kappa shape index (κ3) is 4.26. The van der Waals surface area contributed by atoms with Crippen molar-refractivity contribution in [3.63, 3.8) is 0 Å². The van der Waals surface area contributed by atoms with E-state index in [9.17, 15) is 4.11 Å². The van der Waals surface area contributed by atoms with Gasteiger partial charge < -0.3 is 13.3 Å². The maximum Gasteiger partial charge on any atom is 0.164 e. The standard InChI is InChI=1S/C45H25N3O3/c1-2-11-26(12-3-1)43-46-44(48-45(47-43)34-18-10-22-38-41(34)33-14-5-7-20-36(33)50-38)27-23-24-28-30-16-8-17-31(42(30)51-39(28)25-27)29-15-9-21-37-40(29)32-13-4-6-19-35(32)49-37/h1-25H/i8D,16D,17D,23D,24D,25D. The highest BCUT2D eigenvalue weighted by Crippen LogP contribution is 2.42. The van der Waals surface area contributed by atoms with Crippen LogP contribution in [0, 0.1) is 0 Å². The van der Waals surface area contributed by atoms with E-state index in [4.69, 9.17) is 32.3 Å². The Hall–Kier alpha value is -7.05. The van der Waals surface area contributed by atoms with Gasteiger partial charge >= 0.3 is 0 Å². The van der Waals surface area contributed by atoms with E-state index in [1.54, 1.807) is 12.1 Å². The summed E-state index contributed by atoms with van der Waals surface area (Å²) in [5, 5.41) is 3.26. The van der Waals surface area contributed by atoms with Crippen molar-refractivity contribution in [2.45, 2.75) is 0 Å². The molecule has 0 aliphatic heterocycles. The first-order valence-corrected chi connectivity index (χ1v) is 16.4. The SMILES string of the molecule is [2H]c1c([2H])c([2H])c2c(oc3c([2H])c(-c4nc(-c5ccccc5)nc(-c5cccc6oc7ccccc7c56)n4)c([2H])c([2H])c32)c1-c1cccc2oc3ccccc3c12. The number of furan rings is 3. The Bertz CT molecular complexity index is 3500. The Kier molecular flexibility index (Phi) is 4.74. The minimum Gasteiger partial charge on any atom is -0.456 e. The highest BCUT2D eigenvalue weighted by Gasteiger charge is 2.20. The zero-order valence-electron chi connectivity index (χ0n) is 32.5. The molecular formula is C45H25N3O3. The number of hydrogen-bond donors (Lipinski definition) is 0. The number of benzene rings is 7.